The van der Waals surface area contributed by atoms with E-state index in [0.29, 0.717) is 0 Å². The lowest BCUT2D eigenvalue weighted by atomic mass is 10.3. The number of aryl methyl sites for hydroxylation is 1. The van der Waals surface area contributed by atoms with Gasteiger partial charge in [0, 0.05) is 12.4 Å². The molecule has 1 aromatic carbocycles. The van der Waals surface area contributed by atoms with Crippen molar-refractivity contribution in [2.24, 2.45) is 0 Å². The average molecular weight is 229 g/mol. The minimum Gasteiger partial charge on any atom is -0.328 e. The van der Waals surface area contributed by atoms with Crippen LogP contribution in [0.2, 0.25) is 0 Å². The number of benzene rings is 1. The van der Waals surface area contributed by atoms with E-state index in [2.05, 4.69) is 26.7 Å². The minimum atomic E-state index is 0.811. The van der Waals surface area contributed by atoms with E-state index in [0.717, 1.165) is 22.9 Å². The molecule has 80 valence electrons. The number of hydrogen-bond acceptors (Lipinski definition) is 3. The van der Waals surface area contributed by atoms with Crippen molar-refractivity contribution in [1.82, 2.24) is 14.5 Å². The molecule has 3 nitrogen and oxygen atoms in total. The van der Waals surface area contributed by atoms with Gasteiger partial charge in [0.2, 0.25) is 0 Å². The normalized spacial score (nSPS) is 11.1. The highest BCUT2D eigenvalue weighted by molar-refractivity contribution is 7.18. The van der Waals surface area contributed by atoms with Gasteiger partial charge in [-0.15, -0.1) is 11.3 Å². The lowest BCUT2D eigenvalue weighted by molar-refractivity contribution is 0.758. The Balaban J connectivity index is 1.98. The fraction of sp³-hybridized carbons (Fsp3) is 0.167. The van der Waals surface area contributed by atoms with Crippen LogP contribution in [0.5, 0.6) is 0 Å². The molecule has 0 atom stereocenters. The smallest absolute Gasteiger partial charge is 0.114 e. The van der Waals surface area contributed by atoms with Crippen molar-refractivity contribution in [3.63, 3.8) is 0 Å². The third kappa shape index (κ3) is 1.61. The van der Waals surface area contributed by atoms with Crippen molar-refractivity contribution in [2.75, 3.05) is 0 Å². The van der Waals surface area contributed by atoms with E-state index in [1.165, 1.54) is 4.70 Å². The molecule has 0 fully saturated rings. The van der Waals surface area contributed by atoms with Crippen molar-refractivity contribution < 1.29 is 0 Å². The van der Waals surface area contributed by atoms with Crippen LogP contribution in [0.25, 0.3) is 10.2 Å². The SMILES string of the molecule is Cc1nccn1Cc1nc2ccccc2s1. The molecule has 0 bridgehead atoms. The first kappa shape index (κ1) is 9.54. The number of imidazole rings is 1. The van der Waals surface area contributed by atoms with Crippen LogP contribution < -0.4 is 0 Å². The van der Waals surface area contributed by atoms with Crippen molar-refractivity contribution >= 4 is 21.6 Å². The summed E-state index contributed by atoms with van der Waals surface area (Å²) in [5, 5.41) is 1.13. The summed E-state index contributed by atoms with van der Waals surface area (Å²) in [6, 6.07) is 8.23. The zero-order valence-corrected chi connectivity index (χ0v) is 9.74. The van der Waals surface area contributed by atoms with Crippen LogP contribution >= 0.6 is 11.3 Å². The number of nitrogens with zero attached hydrogens (tertiary/aromatic N) is 3. The van der Waals surface area contributed by atoms with Gasteiger partial charge >= 0.3 is 0 Å². The molecule has 2 aromatic heterocycles. The molecule has 0 aliphatic heterocycles. The molecular formula is C12H11N3S. The number of hydrogen-bond donors (Lipinski definition) is 0. The predicted octanol–water partition coefficient (Wildman–Crippen LogP) is 2.85. The van der Waals surface area contributed by atoms with E-state index in [1.54, 1.807) is 11.3 Å². The van der Waals surface area contributed by atoms with Crippen LogP contribution in [-0.4, -0.2) is 14.5 Å². The summed E-state index contributed by atoms with van der Waals surface area (Å²) in [5.41, 5.74) is 1.08. The highest BCUT2D eigenvalue weighted by Crippen LogP contribution is 2.22. The highest BCUT2D eigenvalue weighted by atomic mass is 32.1. The lowest BCUT2D eigenvalue weighted by Crippen LogP contribution is -1.99. The van der Waals surface area contributed by atoms with Gasteiger partial charge < -0.3 is 4.57 Å². The second kappa shape index (κ2) is 3.72. The summed E-state index contributed by atoms with van der Waals surface area (Å²) in [6.45, 7) is 2.82. The fourth-order valence-corrected chi connectivity index (χ4v) is 2.67. The van der Waals surface area contributed by atoms with Crippen molar-refractivity contribution in [3.8, 4) is 0 Å². The standard InChI is InChI=1S/C12H11N3S/c1-9-13-6-7-15(9)8-12-14-10-4-2-3-5-11(10)16-12/h2-7H,8H2,1H3. The predicted molar refractivity (Wildman–Crippen MR) is 65.7 cm³/mol. The topological polar surface area (TPSA) is 30.7 Å². The molecule has 3 aromatic rings. The fourth-order valence-electron chi connectivity index (χ4n) is 1.70. The van der Waals surface area contributed by atoms with Crippen LogP contribution in [0.3, 0.4) is 0 Å². The Kier molecular flexibility index (Phi) is 2.22. The van der Waals surface area contributed by atoms with E-state index in [4.69, 9.17) is 0 Å². The first-order chi connectivity index (χ1) is 7.83. The van der Waals surface area contributed by atoms with Gasteiger partial charge in [-0.25, -0.2) is 9.97 Å². The maximum absolute atomic E-state index is 4.60. The van der Waals surface area contributed by atoms with E-state index < -0.39 is 0 Å². The van der Waals surface area contributed by atoms with Gasteiger partial charge in [0.05, 0.1) is 16.8 Å². The van der Waals surface area contributed by atoms with Gasteiger partial charge in [-0.05, 0) is 19.1 Å². The minimum absolute atomic E-state index is 0.811. The number of thiazole rings is 1. The lowest BCUT2D eigenvalue weighted by Gasteiger charge is -2.00. The van der Waals surface area contributed by atoms with Crippen LogP contribution in [0.15, 0.2) is 36.7 Å². The van der Waals surface area contributed by atoms with Gasteiger partial charge in [0.1, 0.15) is 10.8 Å². The Labute approximate surface area is 97.4 Å². The highest BCUT2D eigenvalue weighted by Gasteiger charge is 2.04. The molecule has 0 spiro atoms. The van der Waals surface area contributed by atoms with E-state index in [1.807, 2.05) is 31.5 Å². The number of para-hydroxylation sites is 1. The molecule has 0 aliphatic rings. The Bertz CT molecular complexity index is 591. The molecule has 2 heterocycles. The first-order valence-electron chi connectivity index (χ1n) is 5.15. The molecule has 0 amide bonds. The summed E-state index contributed by atoms with van der Waals surface area (Å²) in [4.78, 5) is 8.81. The zero-order valence-electron chi connectivity index (χ0n) is 8.92. The summed E-state index contributed by atoms with van der Waals surface area (Å²) in [6.07, 6.45) is 3.81. The zero-order chi connectivity index (χ0) is 11.0. The molecule has 0 saturated carbocycles. The van der Waals surface area contributed by atoms with Crippen LogP contribution in [-0.2, 0) is 6.54 Å². The van der Waals surface area contributed by atoms with Crippen molar-refractivity contribution in [3.05, 3.63) is 47.5 Å². The number of fused-ring (bicyclic) bond motifs is 1. The van der Waals surface area contributed by atoms with Gasteiger partial charge in [0.15, 0.2) is 0 Å². The monoisotopic (exact) mass is 229 g/mol. The van der Waals surface area contributed by atoms with Crippen molar-refractivity contribution in [1.29, 1.82) is 0 Å². The van der Waals surface area contributed by atoms with Gasteiger partial charge in [-0.1, -0.05) is 12.1 Å². The number of aromatic nitrogens is 3. The Hall–Kier alpha value is -1.68. The maximum atomic E-state index is 4.60. The Morgan fingerprint density at radius 2 is 2.19 bits per heavy atom. The number of rotatable bonds is 2. The second-order valence-electron chi connectivity index (χ2n) is 3.68. The summed E-state index contributed by atoms with van der Waals surface area (Å²) in [5.74, 6) is 1.03. The van der Waals surface area contributed by atoms with Crippen LogP contribution in [0, 0.1) is 6.92 Å². The van der Waals surface area contributed by atoms with Gasteiger partial charge in [-0.2, -0.15) is 0 Å². The third-order valence-corrected chi connectivity index (χ3v) is 3.59. The average Bonchev–Trinajstić information content (AvgIpc) is 2.85. The molecule has 0 unspecified atom stereocenters. The molecule has 0 radical (unpaired) electrons. The van der Waals surface area contributed by atoms with E-state index in [-0.39, 0.29) is 0 Å². The van der Waals surface area contributed by atoms with Crippen LogP contribution in [0.4, 0.5) is 0 Å². The molecular weight excluding hydrogens is 218 g/mol. The summed E-state index contributed by atoms with van der Waals surface area (Å²) >= 11 is 1.74. The summed E-state index contributed by atoms with van der Waals surface area (Å²) in [7, 11) is 0. The van der Waals surface area contributed by atoms with Crippen molar-refractivity contribution in [2.45, 2.75) is 13.5 Å². The maximum Gasteiger partial charge on any atom is 0.114 e. The van der Waals surface area contributed by atoms with Gasteiger partial charge in [0.25, 0.3) is 0 Å². The van der Waals surface area contributed by atoms with E-state index in [9.17, 15) is 0 Å². The van der Waals surface area contributed by atoms with Crippen LogP contribution in [0.1, 0.15) is 10.8 Å². The third-order valence-electron chi connectivity index (χ3n) is 2.57. The first-order valence-corrected chi connectivity index (χ1v) is 5.97. The summed E-state index contributed by atoms with van der Waals surface area (Å²) < 4.78 is 3.35. The van der Waals surface area contributed by atoms with Gasteiger partial charge in [-0.3, -0.25) is 0 Å². The molecule has 0 aliphatic carbocycles. The quantitative estimate of drug-likeness (QED) is 0.676. The Morgan fingerprint density at radius 1 is 1.31 bits per heavy atom. The molecule has 4 heteroatoms. The van der Waals surface area contributed by atoms with E-state index >= 15 is 0 Å². The molecule has 0 N–H and O–H groups in total. The largest absolute Gasteiger partial charge is 0.328 e. The second-order valence-corrected chi connectivity index (χ2v) is 4.79. The Morgan fingerprint density at radius 3 is 2.94 bits per heavy atom. The molecule has 0 saturated heterocycles. The molecule has 16 heavy (non-hydrogen) atoms. The molecule has 3 rings (SSSR count).